The lowest BCUT2D eigenvalue weighted by atomic mass is 10.1. The molecule has 0 aliphatic rings. The zero-order valence-corrected chi connectivity index (χ0v) is 12.7. The van der Waals surface area contributed by atoms with Gasteiger partial charge in [-0.05, 0) is 37.5 Å². The normalized spacial score (nSPS) is 12.2. The van der Waals surface area contributed by atoms with E-state index in [0.29, 0.717) is 13.0 Å². The highest BCUT2D eigenvalue weighted by Gasteiger charge is 2.04. The molecule has 1 amide bonds. The zero-order chi connectivity index (χ0) is 14.3. The Morgan fingerprint density at radius 2 is 2.16 bits per heavy atom. The van der Waals surface area contributed by atoms with Crippen molar-refractivity contribution in [2.45, 2.75) is 46.2 Å². The summed E-state index contributed by atoms with van der Waals surface area (Å²) in [6.07, 6.45) is 1.46. The first kappa shape index (κ1) is 16.0. The van der Waals surface area contributed by atoms with Crippen molar-refractivity contribution in [2.24, 2.45) is 0 Å². The molecule has 0 bridgehead atoms. The molecule has 0 fully saturated rings. The van der Waals surface area contributed by atoms with Gasteiger partial charge in [0.1, 0.15) is 0 Å². The van der Waals surface area contributed by atoms with Crippen LogP contribution in [0.15, 0.2) is 18.2 Å². The molecule has 1 atom stereocenters. The molecule has 0 spiro atoms. The number of carbonyl (C=O) groups is 1. The van der Waals surface area contributed by atoms with E-state index in [1.807, 2.05) is 32.0 Å². The molecule has 1 unspecified atom stereocenters. The predicted octanol–water partition coefficient (Wildman–Crippen LogP) is 3.04. The van der Waals surface area contributed by atoms with Crippen LogP contribution in [-0.4, -0.2) is 18.5 Å². The van der Waals surface area contributed by atoms with Crippen LogP contribution in [0.1, 0.15) is 37.8 Å². The van der Waals surface area contributed by atoms with Crippen LogP contribution in [0.2, 0.25) is 5.02 Å². The molecule has 3 nitrogen and oxygen atoms in total. The Morgan fingerprint density at radius 3 is 2.79 bits per heavy atom. The molecule has 1 aromatic carbocycles. The van der Waals surface area contributed by atoms with Crippen LogP contribution in [0.25, 0.3) is 0 Å². The van der Waals surface area contributed by atoms with Crippen molar-refractivity contribution in [3.8, 4) is 0 Å². The van der Waals surface area contributed by atoms with Crippen LogP contribution in [0.4, 0.5) is 0 Å². The Kier molecular flexibility index (Phi) is 6.89. The molecule has 19 heavy (non-hydrogen) atoms. The summed E-state index contributed by atoms with van der Waals surface area (Å²) in [6, 6.07) is 6.27. The third-order valence-electron chi connectivity index (χ3n) is 3.11. The highest BCUT2D eigenvalue weighted by atomic mass is 35.5. The lowest BCUT2D eigenvalue weighted by Crippen LogP contribution is -2.33. The summed E-state index contributed by atoms with van der Waals surface area (Å²) in [5, 5.41) is 6.98. The van der Waals surface area contributed by atoms with Gasteiger partial charge in [-0.3, -0.25) is 4.79 Å². The maximum atomic E-state index is 11.6. The van der Waals surface area contributed by atoms with Gasteiger partial charge in [0.2, 0.25) is 5.91 Å². The third-order valence-corrected chi connectivity index (χ3v) is 3.52. The molecule has 1 rings (SSSR count). The largest absolute Gasteiger partial charge is 0.354 e. The summed E-state index contributed by atoms with van der Waals surface area (Å²) < 4.78 is 0. The third kappa shape index (κ3) is 6.08. The number of halogens is 1. The number of hydrogen-bond donors (Lipinski definition) is 2. The summed E-state index contributed by atoms with van der Waals surface area (Å²) >= 11 is 6.06. The van der Waals surface area contributed by atoms with Crippen molar-refractivity contribution < 1.29 is 4.79 Å². The first-order valence-electron chi connectivity index (χ1n) is 6.78. The minimum Gasteiger partial charge on any atom is -0.354 e. The van der Waals surface area contributed by atoms with E-state index in [9.17, 15) is 4.79 Å². The number of carbonyl (C=O) groups excluding carboxylic acids is 1. The molecular weight excluding hydrogens is 260 g/mol. The van der Waals surface area contributed by atoms with E-state index in [1.54, 1.807) is 0 Å². The average Bonchev–Trinajstić information content (AvgIpc) is 2.38. The molecule has 0 aromatic heterocycles. The van der Waals surface area contributed by atoms with Gasteiger partial charge in [0.15, 0.2) is 0 Å². The number of aryl methyl sites for hydroxylation is 1. The van der Waals surface area contributed by atoms with Gasteiger partial charge in [-0.1, -0.05) is 30.7 Å². The molecule has 0 saturated carbocycles. The Balaban J connectivity index is 2.23. The lowest BCUT2D eigenvalue weighted by Gasteiger charge is -2.11. The van der Waals surface area contributed by atoms with Crippen LogP contribution < -0.4 is 10.6 Å². The second kappa shape index (κ2) is 8.18. The summed E-state index contributed by atoms with van der Waals surface area (Å²) in [7, 11) is 0. The molecule has 1 aromatic rings. The molecule has 4 heteroatoms. The topological polar surface area (TPSA) is 41.1 Å². The fraction of sp³-hybridized carbons (Fsp3) is 0.533. The molecule has 0 heterocycles. The van der Waals surface area contributed by atoms with Gasteiger partial charge in [-0.2, -0.15) is 0 Å². The number of hydrogen-bond acceptors (Lipinski definition) is 2. The minimum atomic E-state index is 0.101. The van der Waals surface area contributed by atoms with Gasteiger partial charge in [0.05, 0.1) is 0 Å². The quantitative estimate of drug-likeness (QED) is 0.755. The van der Waals surface area contributed by atoms with Crippen molar-refractivity contribution in [1.29, 1.82) is 0 Å². The second-order valence-electron chi connectivity index (χ2n) is 4.89. The number of amides is 1. The second-order valence-corrected chi connectivity index (χ2v) is 5.29. The highest BCUT2D eigenvalue weighted by molar-refractivity contribution is 6.31. The maximum Gasteiger partial charge on any atom is 0.221 e. The Labute approximate surface area is 120 Å². The van der Waals surface area contributed by atoms with Gasteiger partial charge < -0.3 is 10.6 Å². The van der Waals surface area contributed by atoms with Crippen molar-refractivity contribution in [3.05, 3.63) is 34.3 Å². The SMILES string of the molecule is CCC(C)NC(=O)CCNCc1ccc(C)c(Cl)c1. The Bertz CT molecular complexity index is 421. The zero-order valence-electron chi connectivity index (χ0n) is 11.9. The molecule has 106 valence electrons. The van der Waals surface area contributed by atoms with E-state index in [4.69, 9.17) is 11.6 Å². The van der Waals surface area contributed by atoms with E-state index in [1.165, 1.54) is 0 Å². The van der Waals surface area contributed by atoms with E-state index >= 15 is 0 Å². The molecule has 0 saturated heterocycles. The predicted molar refractivity (Wildman–Crippen MR) is 80.4 cm³/mol. The average molecular weight is 283 g/mol. The Morgan fingerprint density at radius 1 is 1.42 bits per heavy atom. The summed E-state index contributed by atoms with van der Waals surface area (Å²) in [5.74, 6) is 0.101. The van der Waals surface area contributed by atoms with E-state index in [-0.39, 0.29) is 11.9 Å². The van der Waals surface area contributed by atoms with Crippen molar-refractivity contribution in [2.75, 3.05) is 6.54 Å². The van der Waals surface area contributed by atoms with Crippen molar-refractivity contribution in [1.82, 2.24) is 10.6 Å². The van der Waals surface area contributed by atoms with Crippen molar-refractivity contribution >= 4 is 17.5 Å². The molecule has 0 aliphatic carbocycles. The monoisotopic (exact) mass is 282 g/mol. The van der Waals surface area contributed by atoms with Gasteiger partial charge in [-0.15, -0.1) is 0 Å². The maximum absolute atomic E-state index is 11.6. The van der Waals surface area contributed by atoms with Gasteiger partial charge in [0.25, 0.3) is 0 Å². The highest BCUT2D eigenvalue weighted by Crippen LogP contribution is 2.16. The van der Waals surface area contributed by atoms with Crippen LogP contribution in [-0.2, 0) is 11.3 Å². The smallest absolute Gasteiger partial charge is 0.221 e. The number of rotatable bonds is 7. The van der Waals surface area contributed by atoms with Gasteiger partial charge in [-0.25, -0.2) is 0 Å². The summed E-state index contributed by atoms with van der Waals surface area (Å²) in [4.78, 5) is 11.6. The number of benzene rings is 1. The molecule has 2 N–H and O–H groups in total. The fourth-order valence-corrected chi connectivity index (χ4v) is 1.83. The van der Waals surface area contributed by atoms with Crippen LogP contribution >= 0.6 is 11.6 Å². The number of nitrogens with one attached hydrogen (secondary N) is 2. The van der Waals surface area contributed by atoms with E-state index in [0.717, 1.165) is 29.1 Å². The minimum absolute atomic E-state index is 0.101. The first-order chi connectivity index (χ1) is 9.02. The standard InChI is InChI=1S/C15H23ClN2O/c1-4-12(3)18-15(19)7-8-17-10-13-6-5-11(2)14(16)9-13/h5-6,9,12,17H,4,7-8,10H2,1-3H3,(H,18,19). The lowest BCUT2D eigenvalue weighted by molar-refractivity contribution is -0.121. The van der Waals surface area contributed by atoms with E-state index < -0.39 is 0 Å². The Hall–Kier alpha value is -1.06. The van der Waals surface area contributed by atoms with Crippen LogP contribution in [0.5, 0.6) is 0 Å². The van der Waals surface area contributed by atoms with Gasteiger partial charge >= 0.3 is 0 Å². The molecule has 0 radical (unpaired) electrons. The summed E-state index contributed by atoms with van der Waals surface area (Å²) in [5.41, 5.74) is 2.22. The molecular formula is C15H23ClN2O. The first-order valence-corrected chi connectivity index (χ1v) is 7.15. The molecule has 0 aliphatic heterocycles. The van der Waals surface area contributed by atoms with E-state index in [2.05, 4.69) is 17.6 Å². The summed E-state index contributed by atoms with van der Waals surface area (Å²) in [6.45, 7) is 7.47. The fourth-order valence-electron chi connectivity index (χ4n) is 1.63. The van der Waals surface area contributed by atoms with Crippen molar-refractivity contribution in [3.63, 3.8) is 0 Å². The van der Waals surface area contributed by atoms with Gasteiger partial charge in [0, 0.05) is 30.6 Å². The van der Waals surface area contributed by atoms with Crippen LogP contribution in [0, 0.1) is 6.92 Å². The van der Waals surface area contributed by atoms with Crippen LogP contribution in [0.3, 0.4) is 0 Å².